The third-order valence-corrected chi connectivity index (χ3v) is 0.594. The predicted molar refractivity (Wildman–Crippen MR) is 48.6 cm³/mol. The molecule has 0 aromatic heterocycles. The van der Waals surface area contributed by atoms with Gasteiger partial charge in [0.2, 0.25) is 0 Å². The zero-order valence-corrected chi connectivity index (χ0v) is 7.97. The number of nitrogens with two attached hydrogens (primary N) is 1. The predicted octanol–water partition coefficient (Wildman–Crippen LogP) is -2.89. The zero-order chi connectivity index (χ0) is 12.0. The van der Waals surface area contributed by atoms with Gasteiger partial charge in [-0.15, -0.1) is 0 Å². The van der Waals surface area contributed by atoms with Gasteiger partial charge in [-0.1, -0.05) is 0 Å². The summed E-state index contributed by atoms with van der Waals surface area (Å²) < 4.78 is 44.8. The molecule has 0 unspecified atom stereocenters. The minimum absolute atomic E-state index is 0. The Balaban J connectivity index is -0.000000208. The van der Waals surface area contributed by atoms with Gasteiger partial charge in [0.1, 0.15) is 0 Å². The number of hydrogen-bond acceptors (Lipinski definition) is 5. The van der Waals surface area contributed by atoms with E-state index in [4.69, 9.17) is 27.3 Å². The number of hydrogen-bond donors (Lipinski definition) is 6. The molecule has 7 N–H and O–H groups in total. The summed E-state index contributed by atoms with van der Waals surface area (Å²) in [5.74, 6) is 0. The van der Waals surface area contributed by atoms with Crippen LogP contribution in [0.25, 0.3) is 0 Å². The van der Waals surface area contributed by atoms with Gasteiger partial charge in [-0.2, -0.15) is 13.0 Å². The molecule has 0 radical (unpaired) electrons. The number of hydroxylamine groups is 1. The summed E-state index contributed by atoms with van der Waals surface area (Å²) in [7, 11) is -9.30. The molecule has 0 rings (SSSR count). The van der Waals surface area contributed by atoms with Crippen LogP contribution in [0.3, 0.4) is 0 Å². The molecule has 90 valence electrons. The third-order valence-electron chi connectivity index (χ3n) is 0.265. The summed E-state index contributed by atoms with van der Waals surface area (Å²) in [5.41, 5.74) is 5.64. The molecule has 2 amide bonds. The molecule has 0 heterocycles. The molecule has 14 heteroatoms. The van der Waals surface area contributed by atoms with Crippen molar-refractivity contribution in [2.24, 2.45) is 5.73 Å². The van der Waals surface area contributed by atoms with Crippen molar-refractivity contribution in [1.29, 1.82) is 0 Å². The molecule has 0 aliphatic rings. The maximum atomic E-state index is 9.74. The number of rotatable bonds is 2. The van der Waals surface area contributed by atoms with Crippen LogP contribution < -0.4 is 11.2 Å². The second-order valence-corrected chi connectivity index (χ2v) is 3.56. The molecule has 0 saturated heterocycles. The van der Waals surface area contributed by atoms with Crippen LogP contribution in [0.15, 0.2) is 0 Å². The zero-order valence-electron chi connectivity index (χ0n) is 6.26. The van der Waals surface area contributed by atoms with Crippen molar-refractivity contribution in [1.82, 2.24) is 5.48 Å². The summed E-state index contributed by atoms with van der Waals surface area (Å²) in [6.07, 6.45) is 0. The van der Waals surface area contributed by atoms with E-state index in [1.165, 1.54) is 5.48 Å². The molecule has 0 spiro atoms. The molecule has 0 aromatic rings. The molecule has 0 aromatic carbocycles. The number of amides is 2. The Morgan fingerprint density at radius 3 is 1.67 bits per heavy atom. The van der Waals surface area contributed by atoms with Crippen molar-refractivity contribution in [2.75, 3.05) is 0 Å². The van der Waals surface area contributed by atoms with Crippen molar-refractivity contribution in [3.05, 3.63) is 0 Å². The third kappa shape index (κ3) is 53.6. The fourth-order valence-electron chi connectivity index (χ4n) is 0.104. The van der Waals surface area contributed by atoms with E-state index in [1.54, 1.807) is 0 Å². The molecule has 0 bridgehead atoms. The number of urea groups is 1. The van der Waals surface area contributed by atoms with Crippen LogP contribution in [-0.2, 0) is 19.6 Å². The van der Waals surface area contributed by atoms with Gasteiger partial charge in [0.05, 0.1) is 0 Å². The van der Waals surface area contributed by atoms with Crippen LogP contribution in [-0.4, -0.2) is 71.1 Å². The van der Waals surface area contributed by atoms with Crippen LogP contribution >= 0.6 is 7.82 Å². The first kappa shape index (κ1) is 20.9. The average molecular weight is 296 g/mol. The number of carbonyl (C=O) groups excluding carboxylic acids is 1. The van der Waals surface area contributed by atoms with Crippen LogP contribution in [0, 0.1) is 0 Å². The Kier molecular flexibility index (Phi) is 12.0. The quantitative estimate of drug-likeness (QED) is 0.134. The number of carbonyl (C=O) groups is 1. The maximum absolute atomic E-state index is 9.74. The minimum atomic E-state index is -4.67. The van der Waals surface area contributed by atoms with Gasteiger partial charge in [-0.05, 0) is 0 Å². The molecule has 15 heavy (non-hydrogen) atoms. The SMILES string of the molecule is NC(=O)NOP(=O)(O)O.O=S(=O)(O)O.[CaH2]. The van der Waals surface area contributed by atoms with E-state index in [2.05, 4.69) is 10.4 Å². The summed E-state index contributed by atoms with van der Waals surface area (Å²) in [4.78, 5) is 25.5. The molecule has 0 fully saturated rings. The fraction of sp³-hybridized carbons (Fsp3) is 0. The Bertz CT molecular complexity index is 311. The number of phosphoric acid groups is 1. The Labute approximate surface area is 114 Å². The van der Waals surface area contributed by atoms with E-state index in [9.17, 15) is 9.36 Å². The number of primary amides is 1. The monoisotopic (exact) mass is 296 g/mol. The first-order chi connectivity index (χ1) is 5.92. The summed E-state index contributed by atoms with van der Waals surface area (Å²) >= 11 is 0. The van der Waals surface area contributed by atoms with Gasteiger partial charge in [0.15, 0.2) is 0 Å². The second kappa shape index (κ2) is 8.64. The second-order valence-electron chi connectivity index (χ2n) is 1.50. The Morgan fingerprint density at radius 2 is 1.60 bits per heavy atom. The van der Waals surface area contributed by atoms with Crippen molar-refractivity contribution in [2.45, 2.75) is 0 Å². The Hall–Kier alpha value is 0.510. The van der Waals surface area contributed by atoms with E-state index in [1.807, 2.05) is 0 Å². The Morgan fingerprint density at radius 1 is 1.33 bits per heavy atom. The van der Waals surface area contributed by atoms with Crippen LogP contribution in [0.5, 0.6) is 0 Å². The van der Waals surface area contributed by atoms with Gasteiger partial charge in [-0.3, -0.25) is 9.11 Å². The van der Waals surface area contributed by atoms with Gasteiger partial charge in [0, 0.05) is 0 Å². The van der Waals surface area contributed by atoms with E-state index in [-0.39, 0.29) is 37.7 Å². The van der Waals surface area contributed by atoms with E-state index >= 15 is 0 Å². The van der Waals surface area contributed by atoms with Crippen LogP contribution in [0.1, 0.15) is 0 Å². The standard InChI is InChI=1S/CH5N2O5P.Ca.H2O4S.2H/c2-1(4)3-8-9(5,6)7;;1-5(2,3)4;;/h(H3,2,3,4)(H2,5,6,7);;(H2,1,2,3,4);;. The van der Waals surface area contributed by atoms with Gasteiger partial charge < -0.3 is 15.5 Å². The van der Waals surface area contributed by atoms with Crippen LogP contribution in [0.4, 0.5) is 4.79 Å². The first-order valence-electron chi connectivity index (χ1n) is 2.41. The summed E-state index contributed by atoms with van der Waals surface area (Å²) in [6.45, 7) is 0. The van der Waals surface area contributed by atoms with Crippen molar-refractivity contribution in [3.63, 3.8) is 0 Å². The van der Waals surface area contributed by atoms with Crippen molar-refractivity contribution < 1.29 is 41.3 Å². The summed E-state index contributed by atoms with van der Waals surface area (Å²) in [6, 6.07) is -1.17. The normalized spacial score (nSPS) is 10.4. The van der Waals surface area contributed by atoms with E-state index in [0.717, 1.165) is 0 Å². The molecule has 0 saturated carbocycles. The summed E-state index contributed by atoms with van der Waals surface area (Å²) in [5, 5.41) is 0. The van der Waals surface area contributed by atoms with Crippen molar-refractivity contribution in [3.8, 4) is 0 Å². The first-order valence-corrected chi connectivity index (χ1v) is 5.34. The number of nitrogens with one attached hydrogen (secondary N) is 1. The molecular weight excluding hydrogens is 287 g/mol. The van der Waals surface area contributed by atoms with Gasteiger partial charge in [0.25, 0.3) is 0 Å². The average Bonchev–Trinajstić information content (AvgIpc) is 1.77. The fourth-order valence-corrected chi connectivity index (χ4v) is 0.313. The van der Waals surface area contributed by atoms with Crippen LogP contribution in [0.2, 0.25) is 0 Å². The van der Waals surface area contributed by atoms with E-state index in [0.29, 0.717) is 0 Å². The van der Waals surface area contributed by atoms with Crippen molar-refractivity contribution >= 4 is 62.0 Å². The topological polar surface area (TPSA) is 196 Å². The van der Waals surface area contributed by atoms with E-state index < -0.39 is 24.3 Å². The molecule has 0 aliphatic carbocycles. The van der Waals surface area contributed by atoms with Gasteiger partial charge >= 0.3 is 62.0 Å². The van der Waals surface area contributed by atoms with Gasteiger partial charge in [-0.25, -0.2) is 14.8 Å². The molecular formula is CH9CaN2O9PS. The molecule has 0 atom stereocenters. The molecule has 11 nitrogen and oxygen atoms in total. The molecule has 0 aliphatic heterocycles.